The van der Waals surface area contributed by atoms with E-state index in [1.54, 1.807) is 0 Å². The van der Waals surface area contributed by atoms with Gasteiger partial charge in [0.1, 0.15) is 5.04 Å². The van der Waals surface area contributed by atoms with Crippen LogP contribution in [-0.2, 0) is 4.84 Å². The Hall–Kier alpha value is 0.160. The number of amides is 1. The molecule has 0 aromatic rings. The van der Waals surface area contributed by atoms with Gasteiger partial charge in [-0.2, -0.15) is 0 Å². The third kappa shape index (κ3) is 12.9. The largest absolute Gasteiger partial charge is 0.433 e. The lowest BCUT2D eigenvalue weighted by atomic mass is 9.93. The molecule has 0 bridgehead atoms. The second-order valence-electron chi connectivity index (χ2n) is 5.06. The van der Waals surface area contributed by atoms with Gasteiger partial charge < -0.3 is 5.32 Å². The van der Waals surface area contributed by atoms with Crippen LogP contribution in [0.1, 0.15) is 33.6 Å². The van der Waals surface area contributed by atoms with Gasteiger partial charge in [0.2, 0.25) is 0 Å². The van der Waals surface area contributed by atoms with Crippen molar-refractivity contribution in [3.05, 3.63) is 0 Å². The summed E-state index contributed by atoms with van der Waals surface area (Å²) in [5.74, 6) is 0.586. The third-order valence-corrected chi connectivity index (χ3v) is 3.30. The Morgan fingerprint density at radius 2 is 1.89 bits per heavy atom. The molecule has 0 aromatic carbocycles. The van der Waals surface area contributed by atoms with Crippen molar-refractivity contribution >= 4 is 57.7 Å². The van der Waals surface area contributed by atoms with E-state index in [2.05, 4.69) is 31.2 Å². The number of carbonyl (C=O) groups excluding carboxylic acids is 1. The van der Waals surface area contributed by atoms with E-state index in [4.69, 9.17) is 39.6 Å². The van der Waals surface area contributed by atoms with Gasteiger partial charge >= 0.3 is 6.09 Å². The molecule has 1 N–H and O–H groups in total. The van der Waals surface area contributed by atoms with Crippen molar-refractivity contribution in [1.82, 2.24) is 5.32 Å². The Balaban J connectivity index is 4.46. The fourth-order valence-electron chi connectivity index (χ4n) is 0.986. The molecule has 0 atom stereocenters. The average molecular weight is 350 g/mol. The van der Waals surface area contributed by atoms with E-state index in [9.17, 15) is 4.79 Å². The van der Waals surface area contributed by atoms with E-state index in [1.165, 1.54) is 18.8 Å². The van der Waals surface area contributed by atoms with Crippen LogP contribution < -0.4 is 5.32 Å². The highest BCUT2D eigenvalue weighted by Gasteiger charge is 2.21. The normalized spacial score (nSPS) is 13.3. The molecule has 8 heteroatoms. The maximum atomic E-state index is 11.0. The van der Waals surface area contributed by atoms with E-state index >= 15 is 0 Å². The summed E-state index contributed by atoms with van der Waals surface area (Å²) in [5.41, 5.74) is 0.0257. The van der Waals surface area contributed by atoms with E-state index in [1.807, 2.05) is 0 Å². The Bertz CT molecular complexity index is 325. The second kappa shape index (κ2) is 8.45. The summed E-state index contributed by atoms with van der Waals surface area (Å²) in [5, 5.41) is 6.86. The van der Waals surface area contributed by atoms with Crippen LogP contribution in [0.3, 0.4) is 0 Å². The molecule has 0 saturated carbocycles. The predicted molar refractivity (Wildman–Crippen MR) is 84.4 cm³/mol. The zero-order valence-electron chi connectivity index (χ0n) is 11.4. The number of oxime groups is 1. The molecule has 1 amide bonds. The highest BCUT2D eigenvalue weighted by atomic mass is 35.6. The minimum atomic E-state index is -1.28. The predicted octanol–water partition coefficient (Wildman–Crippen LogP) is 4.59. The molecule has 0 heterocycles. The van der Waals surface area contributed by atoms with Crippen molar-refractivity contribution in [2.45, 2.75) is 37.4 Å². The fraction of sp³-hybridized carbons (Fsp3) is 0.818. The summed E-state index contributed by atoms with van der Waals surface area (Å²) in [6.45, 7) is 6.20. The van der Waals surface area contributed by atoms with Crippen LogP contribution in [0.25, 0.3) is 0 Å². The Kier molecular flexibility index (Phi) is 8.52. The molecule has 0 radical (unpaired) electrons. The zero-order chi connectivity index (χ0) is 15.1. The first-order valence-electron chi connectivity index (χ1n) is 5.68. The van der Waals surface area contributed by atoms with E-state index in [0.29, 0.717) is 23.6 Å². The van der Waals surface area contributed by atoms with Crippen molar-refractivity contribution in [1.29, 1.82) is 0 Å². The van der Waals surface area contributed by atoms with Gasteiger partial charge in [-0.15, -0.1) is 11.8 Å². The van der Waals surface area contributed by atoms with E-state index < -0.39 is 9.89 Å². The molecule has 112 valence electrons. The lowest BCUT2D eigenvalue weighted by Crippen LogP contribution is -2.18. The summed E-state index contributed by atoms with van der Waals surface area (Å²) in [7, 11) is 1.47. The summed E-state index contributed by atoms with van der Waals surface area (Å²) in [4.78, 5) is 15.7. The minimum Gasteiger partial charge on any atom is -0.323 e. The van der Waals surface area contributed by atoms with Gasteiger partial charge in [-0.3, -0.25) is 4.84 Å². The number of carbonyl (C=O) groups is 1. The summed E-state index contributed by atoms with van der Waals surface area (Å²) >= 11 is 18.5. The Morgan fingerprint density at radius 3 is 2.32 bits per heavy atom. The molecule has 0 aromatic heterocycles. The molecular weight excluding hydrogens is 331 g/mol. The first-order valence-corrected chi connectivity index (χ1v) is 7.80. The van der Waals surface area contributed by atoms with Crippen LogP contribution >= 0.6 is 46.6 Å². The maximum Gasteiger partial charge on any atom is 0.433 e. The molecule has 0 spiro atoms. The summed E-state index contributed by atoms with van der Waals surface area (Å²) in [6, 6.07) is 0. The van der Waals surface area contributed by atoms with Gasteiger partial charge in [-0.1, -0.05) is 60.7 Å². The summed E-state index contributed by atoms with van der Waals surface area (Å²) in [6.07, 6.45) is 0.466. The molecule has 0 fully saturated rings. The topological polar surface area (TPSA) is 50.7 Å². The van der Waals surface area contributed by atoms with Crippen molar-refractivity contribution in [2.24, 2.45) is 10.6 Å². The van der Waals surface area contributed by atoms with Gasteiger partial charge in [0.25, 0.3) is 0 Å². The van der Waals surface area contributed by atoms with Gasteiger partial charge in [0.15, 0.2) is 3.79 Å². The number of alkyl halides is 3. The SMILES string of the molecule is CNC(=O)ON=C(CC(C)(C)C)SCCC(Cl)(Cl)Cl. The molecule has 19 heavy (non-hydrogen) atoms. The van der Waals surface area contributed by atoms with Crippen molar-refractivity contribution in [3.8, 4) is 0 Å². The van der Waals surface area contributed by atoms with Crippen LogP contribution in [0.15, 0.2) is 5.16 Å². The summed E-state index contributed by atoms with van der Waals surface area (Å²) < 4.78 is -1.28. The number of nitrogens with zero attached hydrogens (tertiary/aromatic N) is 1. The van der Waals surface area contributed by atoms with Crippen LogP contribution in [0.4, 0.5) is 4.79 Å². The highest BCUT2D eigenvalue weighted by molar-refractivity contribution is 8.13. The van der Waals surface area contributed by atoms with E-state index in [0.717, 1.165) is 0 Å². The maximum absolute atomic E-state index is 11.0. The Morgan fingerprint density at radius 1 is 1.32 bits per heavy atom. The number of hydrogen-bond donors (Lipinski definition) is 1. The van der Waals surface area contributed by atoms with E-state index in [-0.39, 0.29) is 5.41 Å². The zero-order valence-corrected chi connectivity index (χ0v) is 14.5. The molecule has 0 aliphatic rings. The monoisotopic (exact) mass is 348 g/mol. The Labute approximate surface area is 133 Å². The van der Waals surface area contributed by atoms with Gasteiger partial charge in [0.05, 0.1) is 0 Å². The molecule has 0 unspecified atom stereocenters. The van der Waals surface area contributed by atoms with Crippen LogP contribution in [-0.4, -0.2) is 27.7 Å². The quantitative estimate of drug-likeness (QED) is 0.265. The van der Waals surface area contributed by atoms with Gasteiger partial charge in [-0.05, 0) is 5.41 Å². The fourth-order valence-corrected chi connectivity index (χ4v) is 2.87. The molecule has 0 aliphatic carbocycles. The number of halogens is 3. The van der Waals surface area contributed by atoms with Crippen molar-refractivity contribution in [2.75, 3.05) is 12.8 Å². The molecule has 0 aliphatic heterocycles. The molecule has 4 nitrogen and oxygen atoms in total. The number of hydrogen-bond acceptors (Lipinski definition) is 4. The lowest BCUT2D eigenvalue weighted by molar-refractivity contribution is 0.153. The first-order chi connectivity index (χ1) is 8.53. The van der Waals surface area contributed by atoms with Gasteiger partial charge in [0, 0.05) is 25.6 Å². The lowest BCUT2D eigenvalue weighted by Gasteiger charge is -2.19. The average Bonchev–Trinajstić information content (AvgIpc) is 2.21. The smallest absolute Gasteiger partial charge is 0.323 e. The van der Waals surface area contributed by atoms with Crippen LogP contribution in [0.2, 0.25) is 0 Å². The molecule has 0 rings (SSSR count). The molecular formula is C11H19Cl3N2O2S. The number of rotatable bonds is 4. The number of thioether (sulfide) groups is 1. The third-order valence-electron chi connectivity index (χ3n) is 1.77. The first kappa shape index (κ1) is 19.2. The highest BCUT2D eigenvalue weighted by Crippen LogP contribution is 2.32. The van der Waals surface area contributed by atoms with Crippen LogP contribution in [0.5, 0.6) is 0 Å². The number of nitrogens with one attached hydrogen (secondary N) is 1. The standard InChI is InChI=1S/C11H19Cl3N2O2S/c1-10(2,3)7-8(16-18-9(17)15-4)19-6-5-11(12,13)14/h5-7H2,1-4H3,(H,15,17). The van der Waals surface area contributed by atoms with Crippen LogP contribution in [0, 0.1) is 5.41 Å². The van der Waals surface area contributed by atoms with Gasteiger partial charge in [-0.25, -0.2) is 4.79 Å². The molecule has 0 saturated heterocycles. The van der Waals surface area contributed by atoms with Crippen molar-refractivity contribution < 1.29 is 9.63 Å². The van der Waals surface area contributed by atoms with Crippen molar-refractivity contribution in [3.63, 3.8) is 0 Å². The second-order valence-corrected chi connectivity index (χ2v) is 8.75. The minimum absolute atomic E-state index is 0.0257.